The summed E-state index contributed by atoms with van der Waals surface area (Å²) in [5.41, 5.74) is 2.15. The molecule has 0 spiro atoms. The summed E-state index contributed by atoms with van der Waals surface area (Å²) in [5.74, 6) is -1.62. The molecular weight excluding hydrogens is 366 g/mol. The van der Waals surface area contributed by atoms with Crippen LogP contribution in [0.4, 0.5) is 20.2 Å². The van der Waals surface area contributed by atoms with Crippen molar-refractivity contribution < 1.29 is 18.1 Å². The van der Waals surface area contributed by atoms with Crippen LogP contribution in [0.15, 0.2) is 47.0 Å². The zero-order valence-electron chi connectivity index (χ0n) is 15.4. The minimum Gasteiger partial charge on any atom is -0.378 e. The molecule has 0 bridgehead atoms. The highest BCUT2D eigenvalue weighted by molar-refractivity contribution is 5.96. The number of hydrogen-bond acceptors (Lipinski definition) is 5. The van der Waals surface area contributed by atoms with Crippen LogP contribution >= 0.6 is 0 Å². The van der Waals surface area contributed by atoms with Crippen molar-refractivity contribution in [3.63, 3.8) is 0 Å². The molecule has 1 amide bonds. The van der Waals surface area contributed by atoms with Crippen molar-refractivity contribution in [1.29, 1.82) is 0 Å². The number of amides is 1. The first kappa shape index (κ1) is 18.1. The molecule has 4 rings (SSSR count). The number of anilines is 2. The highest BCUT2D eigenvalue weighted by Gasteiger charge is 2.35. The van der Waals surface area contributed by atoms with Gasteiger partial charge in [-0.2, -0.15) is 4.98 Å². The molecule has 0 saturated carbocycles. The fourth-order valence-electron chi connectivity index (χ4n) is 3.20. The summed E-state index contributed by atoms with van der Waals surface area (Å²) in [6, 6.07) is 11.1. The molecule has 0 N–H and O–H groups in total. The standard InChI is InChI=1S/C20H18F2N4O2/c1-25(2)14-5-3-12(4-6-14)20-23-19(24-28-20)13-9-18(27)26(11-13)15-7-8-16(21)17(22)10-15/h3-8,10,13H,9,11H2,1-2H3. The number of hydrogen-bond donors (Lipinski definition) is 0. The van der Waals surface area contributed by atoms with Gasteiger partial charge in [-0.05, 0) is 36.4 Å². The second kappa shape index (κ2) is 7.03. The van der Waals surface area contributed by atoms with Crippen molar-refractivity contribution in [2.24, 2.45) is 0 Å². The summed E-state index contributed by atoms with van der Waals surface area (Å²) in [7, 11) is 3.91. The predicted molar refractivity (Wildman–Crippen MR) is 100 cm³/mol. The van der Waals surface area contributed by atoms with Gasteiger partial charge in [0, 0.05) is 56.0 Å². The number of carbonyl (C=O) groups is 1. The summed E-state index contributed by atoms with van der Waals surface area (Å²) in [6.45, 7) is 0.280. The van der Waals surface area contributed by atoms with E-state index >= 15 is 0 Å². The highest BCUT2D eigenvalue weighted by Crippen LogP contribution is 2.32. The van der Waals surface area contributed by atoms with E-state index in [1.165, 1.54) is 11.0 Å². The van der Waals surface area contributed by atoms with Gasteiger partial charge in [-0.1, -0.05) is 5.16 Å². The second-order valence-electron chi connectivity index (χ2n) is 6.90. The Morgan fingerprint density at radius 3 is 2.54 bits per heavy atom. The molecule has 8 heteroatoms. The summed E-state index contributed by atoms with van der Waals surface area (Å²) < 4.78 is 32.0. The van der Waals surface area contributed by atoms with Crippen molar-refractivity contribution in [2.45, 2.75) is 12.3 Å². The first-order valence-electron chi connectivity index (χ1n) is 8.79. The quantitative estimate of drug-likeness (QED) is 0.688. The van der Waals surface area contributed by atoms with Gasteiger partial charge in [0.2, 0.25) is 5.91 Å². The Bertz CT molecular complexity index is 1020. The van der Waals surface area contributed by atoms with Crippen LogP contribution in [0.2, 0.25) is 0 Å². The first-order chi connectivity index (χ1) is 13.4. The lowest BCUT2D eigenvalue weighted by Crippen LogP contribution is -2.24. The van der Waals surface area contributed by atoms with Crippen molar-refractivity contribution in [1.82, 2.24) is 10.1 Å². The average molecular weight is 384 g/mol. The number of benzene rings is 2. The van der Waals surface area contributed by atoms with Gasteiger partial charge in [-0.15, -0.1) is 0 Å². The Hall–Kier alpha value is -3.29. The average Bonchev–Trinajstić information content (AvgIpc) is 3.31. The van der Waals surface area contributed by atoms with Crippen LogP contribution in [-0.2, 0) is 4.79 Å². The van der Waals surface area contributed by atoms with Gasteiger partial charge >= 0.3 is 0 Å². The molecule has 0 radical (unpaired) electrons. The summed E-state index contributed by atoms with van der Waals surface area (Å²) >= 11 is 0. The number of nitrogens with zero attached hydrogens (tertiary/aromatic N) is 4. The molecule has 1 aromatic heterocycles. The topological polar surface area (TPSA) is 62.5 Å². The van der Waals surface area contributed by atoms with E-state index < -0.39 is 11.6 Å². The van der Waals surface area contributed by atoms with Gasteiger partial charge in [0.25, 0.3) is 5.89 Å². The molecule has 6 nitrogen and oxygen atoms in total. The van der Waals surface area contributed by atoms with Crippen molar-refractivity contribution in [3.8, 4) is 11.5 Å². The molecule has 144 valence electrons. The summed E-state index contributed by atoms with van der Waals surface area (Å²) in [4.78, 5) is 20.2. The van der Waals surface area contributed by atoms with Gasteiger partial charge in [-0.3, -0.25) is 4.79 Å². The molecule has 1 atom stereocenters. The Labute approximate surface area is 160 Å². The molecule has 1 unspecified atom stereocenters. The largest absolute Gasteiger partial charge is 0.378 e. The fourth-order valence-corrected chi connectivity index (χ4v) is 3.20. The van der Waals surface area contributed by atoms with E-state index in [-0.39, 0.29) is 24.8 Å². The molecular formula is C20H18F2N4O2. The third kappa shape index (κ3) is 3.33. The Balaban J connectivity index is 1.53. The van der Waals surface area contributed by atoms with Gasteiger partial charge < -0.3 is 14.3 Å². The van der Waals surface area contributed by atoms with E-state index in [1.54, 1.807) is 0 Å². The normalized spacial score (nSPS) is 16.6. The lowest BCUT2D eigenvalue weighted by Gasteiger charge is -2.16. The molecule has 1 aliphatic rings. The molecule has 1 fully saturated rings. The smallest absolute Gasteiger partial charge is 0.257 e. The maximum atomic E-state index is 13.5. The molecule has 2 heterocycles. The zero-order valence-corrected chi connectivity index (χ0v) is 15.4. The Morgan fingerprint density at radius 2 is 1.86 bits per heavy atom. The zero-order chi connectivity index (χ0) is 19.8. The van der Waals surface area contributed by atoms with Crippen LogP contribution < -0.4 is 9.80 Å². The van der Waals surface area contributed by atoms with Gasteiger partial charge in [0.1, 0.15) is 0 Å². The van der Waals surface area contributed by atoms with Gasteiger partial charge in [-0.25, -0.2) is 8.78 Å². The fraction of sp³-hybridized carbons (Fsp3) is 0.250. The van der Waals surface area contributed by atoms with Gasteiger partial charge in [0.15, 0.2) is 17.5 Å². The van der Waals surface area contributed by atoms with Crippen LogP contribution in [0.1, 0.15) is 18.2 Å². The lowest BCUT2D eigenvalue weighted by atomic mass is 10.1. The van der Waals surface area contributed by atoms with Crippen LogP contribution in [0.5, 0.6) is 0 Å². The SMILES string of the molecule is CN(C)c1ccc(-c2nc(C3CC(=O)N(c4ccc(F)c(F)c4)C3)no2)cc1. The summed E-state index contributed by atoms with van der Waals surface area (Å²) in [6.07, 6.45) is 0.178. The van der Waals surface area contributed by atoms with E-state index in [0.29, 0.717) is 17.4 Å². The van der Waals surface area contributed by atoms with E-state index in [9.17, 15) is 13.6 Å². The number of aromatic nitrogens is 2. The molecule has 0 aliphatic carbocycles. The maximum Gasteiger partial charge on any atom is 0.257 e. The minimum atomic E-state index is -0.989. The van der Waals surface area contributed by atoms with Crippen molar-refractivity contribution in [2.75, 3.05) is 30.4 Å². The highest BCUT2D eigenvalue weighted by atomic mass is 19.2. The molecule has 1 saturated heterocycles. The Kier molecular flexibility index (Phi) is 4.54. The van der Waals surface area contributed by atoms with E-state index in [0.717, 1.165) is 23.4 Å². The van der Waals surface area contributed by atoms with Crippen molar-refractivity contribution in [3.05, 3.63) is 59.9 Å². The molecule has 3 aromatic rings. The maximum absolute atomic E-state index is 13.5. The molecule has 28 heavy (non-hydrogen) atoms. The predicted octanol–water partition coefficient (Wildman–Crippen LogP) is 3.60. The van der Waals surface area contributed by atoms with Crippen LogP contribution in [0.25, 0.3) is 11.5 Å². The van der Waals surface area contributed by atoms with Crippen molar-refractivity contribution >= 4 is 17.3 Å². The van der Waals surface area contributed by atoms with Crippen LogP contribution in [-0.4, -0.2) is 36.7 Å². The van der Waals surface area contributed by atoms with Crippen LogP contribution in [0, 0.1) is 11.6 Å². The van der Waals surface area contributed by atoms with E-state index in [1.807, 2.05) is 43.3 Å². The van der Waals surface area contributed by atoms with E-state index in [4.69, 9.17) is 4.52 Å². The minimum absolute atomic E-state index is 0.178. The third-order valence-corrected chi connectivity index (χ3v) is 4.78. The molecule has 1 aliphatic heterocycles. The Morgan fingerprint density at radius 1 is 1.11 bits per heavy atom. The number of rotatable bonds is 4. The van der Waals surface area contributed by atoms with E-state index in [2.05, 4.69) is 10.1 Å². The number of carbonyl (C=O) groups excluding carboxylic acids is 1. The lowest BCUT2D eigenvalue weighted by molar-refractivity contribution is -0.117. The van der Waals surface area contributed by atoms with Crippen LogP contribution in [0.3, 0.4) is 0 Å². The monoisotopic (exact) mass is 384 g/mol. The third-order valence-electron chi connectivity index (χ3n) is 4.78. The molecule has 2 aromatic carbocycles. The number of halogens is 2. The second-order valence-corrected chi connectivity index (χ2v) is 6.90. The summed E-state index contributed by atoms with van der Waals surface area (Å²) in [5, 5.41) is 4.02. The first-order valence-corrected chi connectivity index (χ1v) is 8.79. The van der Waals surface area contributed by atoms with Gasteiger partial charge in [0.05, 0.1) is 0 Å².